The van der Waals surface area contributed by atoms with Gasteiger partial charge in [-0.05, 0) is 12.1 Å². The number of aliphatic imine (C=N–C) groups is 1. The predicted octanol–water partition coefficient (Wildman–Crippen LogP) is 0.893. The van der Waals surface area contributed by atoms with Gasteiger partial charge in [-0.2, -0.15) is 0 Å². The number of fused-ring (bicyclic) bond motifs is 1. The second-order valence-corrected chi connectivity index (χ2v) is 2.28. The first kappa shape index (κ1) is 6.34. The van der Waals surface area contributed by atoms with E-state index in [2.05, 4.69) is 9.98 Å². The van der Waals surface area contributed by atoms with Gasteiger partial charge < -0.3 is 4.74 Å². The lowest BCUT2D eigenvalue weighted by Crippen LogP contribution is -2.00. The van der Waals surface area contributed by atoms with Gasteiger partial charge in [0.25, 0.3) is 0 Å². The predicted molar refractivity (Wildman–Crippen MR) is 42.2 cm³/mol. The summed E-state index contributed by atoms with van der Waals surface area (Å²) < 4.78 is 5.31. The third-order valence-corrected chi connectivity index (χ3v) is 1.49. The molecule has 2 rings (SSSR count). The van der Waals surface area contributed by atoms with E-state index >= 15 is 0 Å². The minimum Gasteiger partial charge on any atom is -0.475 e. The molecule has 1 aromatic heterocycles. The zero-order valence-corrected chi connectivity index (χ0v) is 6.03. The van der Waals surface area contributed by atoms with Crippen molar-refractivity contribution < 1.29 is 4.74 Å². The smallest absolute Gasteiger partial charge is 0.222 e. The van der Waals surface area contributed by atoms with Crippen molar-refractivity contribution in [3.63, 3.8) is 0 Å². The van der Waals surface area contributed by atoms with E-state index < -0.39 is 0 Å². The van der Waals surface area contributed by atoms with Crippen LogP contribution in [0.15, 0.2) is 23.3 Å². The SMILES string of the molecule is C1=NCCOc2ncccc21. The third kappa shape index (κ3) is 1.22. The Balaban J connectivity index is 2.45. The zero-order valence-electron chi connectivity index (χ0n) is 6.03. The Morgan fingerprint density at radius 2 is 2.45 bits per heavy atom. The van der Waals surface area contributed by atoms with Crippen molar-refractivity contribution in [2.45, 2.75) is 0 Å². The van der Waals surface area contributed by atoms with E-state index in [9.17, 15) is 0 Å². The van der Waals surface area contributed by atoms with Crippen LogP contribution in [0.1, 0.15) is 5.56 Å². The Morgan fingerprint density at radius 3 is 3.45 bits per heavy atom. The highest BCUT2D eigenvalue weighted by Gasteiger charge is 2.03. The number of aromatic nitrogens is 1. The summed E-state index contributed by atoms with van der Waals surface area (Å²) in [5.74, 6) is 0.689. The highest BCUT2D eigenvalue weighted by molar-refractivity contribution is 5.82. The Bertz CT molecular complexity index is 283. The topological polar surface area (TPSA) is 34.5 Å². The molecule has 0 fully saturated rings. The number of nitrogens with zero attached hydrogens (tertiary/aromatic N) is 2. The van der Waals surface area contributed by atoms with E-state index in [0.29, 0.717) is 12.5 Å². The van der Waals surface area contributed by atoms with Gasteiger partial charge in [0, 0.05) is 12.4 Å². The molecule has 2 heterocycles. The number of hydrogen-bond acceptors (Lipinski definition) is 3. The maximum absolute atomic E-state index is 5.31. The molecule has 0 saturated carbocycles. The minimum absolute atomic E-state index is 0.626. The van der Waals surface area contributed by atoms with Crippen LogP contribution in [0.5, 0.6) is 5.88 Å². The molecule has 3 heteroatoms. The summed E-state index contributed by atoms with van der Waals surface area (Å²) >= 11 is 0. The molecule has 0 spiro atoms. The van der Waals surface area contributed by atoms with Gasteiger partial charge in [0.15, 0.2) is 0 Å². The molecule has 1 aliphatic rings. The van der Waals surface area contributed by atoms with E-state index in [4.69, 9.17) is 4.74 Å². The molecule has 1 aromatic rings. The highest BCUT2D eigenvalue weighted by Crippen LogP contribution is 2.12. The molecular weight excluding hydrogens is 140 g/mol. The Hall–Kier alpha value is -1.38. The molecule has 11 heavy (non-hydrogen) atoms. The molecule has 0 bridgehead atoms. The lowest BCUT2D eigenvalue weighted by molar-refractivity contribution is 0.318. The van der Waals surface area contributed by atoms with E-state index in [0.717, 1.165) is 12.1 Å². The zero-order chi connectivity index (χ0) is 7.52. The Labute approximate surface area is 64.7 Å². The van der Waals surface area contributed by atoms with Crippen LogP contribution in [-0.2, 0) is 0 Å². The molecule has 1 aliphatic heterocycles. The van der Waals surface area contributed by atoms with Crippen LogP contribution in [0.2, 0.25) is 0 Å². The maximum atomic E-state index is 5.31. The van der Waals surface area contributed by atoms with Gasteiger partial charge in [-0.3, -0.25) is 4.99 Å². The maximum Gasteiger partial charge on any atom is 0.222 e. The van der Waals surface area contributed by atoms with Crippen molar-refractivity contribution in [3.05, 3.63) is 23.9 Å². The van der Waals surface area contributed by atoms with Crippen molar-refractivity contribution in [1.82, 2.24) is 4.98 Å². The summed E-state index contributed by atoms with van der Waals surface area (Å²) in [7, 11) is 0. The van der Waals surface area contributed by atoms with Crippen LogP contribution in [-0.4, -0.2) is 24.4 Å². The largest absolute Gasteiger partial charge is 0.475 e. The van der Waals surface area contributed by atoms with Gasteiger partial charge in [0.05, 0.1) is 12.1 Å². The fourth-order valence-corrected chi connectivity index (χ4v) is 0.980. The summed E-state index contributed by atoms with van der Waals surface area (Å²) in [4.78, 5) is 8.19. The fourth-order valence-electron chi connectivity index (χ4n) is 0.980. The second-order valence-electron chi connectivity index (χ2n) is 2.28. The van der Waals surface area contributed by atoms with Gasteiger partial charge in [0.2, 0.25) is 5.88 Å². The minimum atomic E-state index is 0.626. The first-order chi connectivity index (χ1) is 5.47. The quantitative estimate of drug-likeness (QED) is 0.547. The van der Waals surface area contributed by atoms with Gasteiger partial charge in [-0.25, -0.2) is 4.98 Å². The fraction of sp³-hybridized carbons (Fsp3) is 0.250. The van der Waals surface area contributed by atoms with Gasteiger partial charge >= 0.3 is 0 Å². The molecule has 0 aromatic carbocycles. The van der Waals surface area contributed by atoms with Crippen LogP contribution < -0.4 is 4.74 Å². The number of rotatable bonds is 0. The summed E-state index contributed by atoms with van der Waals surface area (Å²) in [5, 5.41) is 0. The summed E-state index contributed by atoms with van der Waals surface area (Å²) in [6.45, 7) is 1.34. The van der Waals surface area contributed by atoms with E-state index in [1.165, 1.54) is 0 Å². The van der Waals surface area contributed by atoms with Crippen molar-refractivity contribution >= 4 is 6.21 Å². The molecule has 0 atom stereocenters. The molecule has 0 unspecified atom stereocenters. The number of ether oxygens (including phenoxy) is 1. The second kappa shape index (κ2) is 2.70. The highest BCUT2D eigenvalue weighted by atomic mass is 16.5. The van der Waals surface area contributed by atoms with Crippen LogP contribution >= 0.6 is 0 Å². The first-order valence-electron chi connectivity index (χ1n) is 3.54. The van der Waals surface area contributed by atoms with Crippen molar-refractivity contribution in [1.29, 1.82) is 0 Å². The summed E-state index contributed by atoms with van der Waals surface area (Å²) in [5.41, 5.74) is 0.963. The normalized spacial score (nSPS) is 14.9. The standard InChI is InChI=1S/C8H8N2O/c1-2-7-6-9-4-5-11-8(7)10-3-1/h1-3,6H,4-5H2. The van der Waals surface area contributed by atoms with Gasteiger partial charge in [-0.15, -0.1) is 0 Å². The molecule has 0 aliphatic carbocycles. The Morgan fingerprint density at radius 1 is 1.45 bits per heavy atom. The van der Waals surface area contributed by atoms with E-state index in [-0.39, 0.29) is 0 Å². The van der Waals surface area contributed by atoms with Crippen molar-refractivity contribution in [2.24, 2.45) is 4.99 Å². The van der Waals surface area contributed by atoms with Gasteiger partial charge in [-0.1, -0.05) is 0 Å². The molecule has 0 radical (unpaired) electrons. The lowest BCUT2D eigenvalue weighted by Gasteiger charge is -2.01. The first-order valence-corrected chi connectivity index (χ1v) is 3.54. The van der Waals surface area contributed by atoms with Crippen LogP contribution in [0.3, 0.4) is 0 Å². The van der Waals surface area contributed by atoms with Crippen molar-refractivity contribution in [2.75, 3.05) is 13.2 Å². The average Bonchev–Trinajstić information content (AvgIpc) is 2.28. The molecule has 56 valence electrons. The molecular formula is C8H8N2O. The lowest BCUT2D eigenvalue weighted by atomic mass is 10.3. The molecule has 0 amide bonds. The van der Waals surface area contributed by atoms with Crippen LogP contribution in [0, 0.1) is 0 Å². The average molecular weight is 148 g/mol. The molecule has 3 nitrogen and oxygen atoms in total. The monoisotopic (exact) mass is 148 g/mol. The molecule has 0 N–H and O–H groups in total. The van der Waals surface area contributed by atoms with E-state index in [1.807, 2.05) is 12.1 Å². The van der Waals surface area contributed by atoms with Crippen molar-refractivity contribution in [3.8, 4) is 5.88 Å². The summed E-state index contributed by atoms with van der Waals surface area (Å²) in [6.07, 6.45) is 3.52. The Kier molecular flexibility index (Phi) is 1.55. The number of hydrogen-bond donors (Lipinski definition) is 0. The third-order valence-electron chi connectivity index (χ3n) is 1.49. The van der Waals surface area contributed by atoms with Gasteiger partial charge in [0.1, 0.15) is 6.61 Å². The van der Waals surface area contributed by atoms with Crippen LogP contribution in [0.25, 0.3) is 0 Å². The van der Waals surface area contributed by atoms with Crippen LogP contribution in [0.4, 0.5) is 0 Å². The number of pyridine rings is 1. The molecule has 0 saturated heterocycles. The van der Waals surface area contributed by atoms with E-state index in [1.54, 1.807) is 12.4 Å². The summed E-state index contributed by atoms with van der Waals surface area (Å²) in [6, 6.07) is 3.82.